The molecule has 0 saturated heterocycles. The molecule has 0 aliphatic carbocycles. The maximum absolute atomic E-state index is 11.3. The standard InChI is InChI=1S/C11H11NO2/c1-7-3-4-9-8(5-7)10(13)6-11(14)12(9)2/h3-6,13H,1-2H3. The van der Waals surface area contributed by atoms with E-state index < -0.39 is 0 Å². The predicted octanol–water partition coefficient (Wildman–Crippen LogP) is 1.55. The van der Waals surface area contributed by atoms with Crippen molar-refractivity contribution in [2.75, 3.05) is 0 Å². The van der Waals surface area contributed by atoms with E-state index in [1.165, 1.54) is 10.6 Å². The topological polar surface area (TPSA) is 42.2 Å². The van der Waals surface area contributed by atoms with E-state index in [0.717, 1.165) is 11.1 Å². The van der Waals surface area contributed by atoms with Gasteiger partial charge in [-0.15, -0.1) is 0 Å². The zero-order valence-corrected chi connectivity index (χ0v) is 8.11. The molecule has 0 saturated carbocycles. The molecule has 0 aliphatic rings. The third-order valence-electron chi connectivity index (χ3n) is 2.38. The average Bonchev–Trinajstić information content (AvgIpc) is 2.14. The minimum absolute atomic E-state index is 0.0480. The summed E-state index contributed by atoms with van der Waals surface area (Å²) in [4.78, 5) is 11.3. The van der Waals surface area contributed by atoms with E-state index in [-0.39, 0.29) is 11.3 Å². The lowest BCUT2D eigenvalue weighted by Gasteiger charge is -2.06. The van der Waals surface area contributed by atoms with Gasteiger partial charge in [0.25, 0.3) is 5.56 Å². The van der Waals surface area contributed by atoms with Crippen LogP contribution in [0.4, 0.5) is 0 Å². The zero-order chi connectivity index (χ0) is 10.3. The number of hydrogen-bond donors (Lipinski definition) is 1. The van der Waals surface area contributed by atoms with Crippen molar-refractivity contribution in [1.82, 2.24) is 4.57 Å². The summed E-state index contributed by atoms with van der Waals surface area (Å²) in [5, 5.41) is 10.3. The second-order valence-corrected chi connectivity index (χ2v) is 3.45. The highest BCUT2D eigenvalue weighted by atomic mass is 16.3. The Morgan fingerprint density at radius 1 is 1.29 bits per heavy atom. The van der Waals surface area contributed by atoms with E-state index in [1.54, 1.807) is 7.05 Å². The molecule has 0 bridgehead atoms. The highest BCUT2D eigenvalue weighted by molar-refractivity contribution is 5.85. The van der Waals surface area contributed by atoms with Gasteiger partial charge in [0.15, 0.2) is 0 Å². The van der Waals surface area contributed by atoms with Gasteiger partial charge in [-0.05, 0) is 19.1 Å². The smallest absolute Gasteiger partial charge is 0.254 e. The van der Waals surface area contributed by atoms with E-state index in [2.05, 4.69) is 0 Å². The van der Waals surface area contributed by atoms with Crippen LogP contribution in [0.1, 0.15) is 5.56 Å². The average molecular weight is 189 g/mol. The molecule has 0 amide bonds. The number of fused-ring (bicyclic) bond motifs is 1. The van der Waals surface area contributed by atoms with Crippen LogP contribution in [-0.4, -0.2) is 9.67 Å². The van der Waals surface area contributed by atoms with Gasteiger partial charge >= 0.3 is 0 Å². The third kappa shape index (κ3) is 1.18. The molecule has 1 aromatic carbocycles. The number of aromatic hydroxyl groups is 1. The molecule has 1 N–H and O–H groups in total. The first-order valence-electron chi connectivity index (χ1n) is 4.39. The Balaban J connectivity index is 3.02. The maximum Gasteiger partial charge on any atom is 0.254 e. The van der Waals surface area contributed by atoms with Crippen molar-refractivity contribution >= 4 is 10.9 Å². The molecule has 3 nitrogen and oxygen atoms in total. The minimum Gasteiger partial charge on any atom is -0.507 e. The number of hydrogen-bond acceptors (Lipinski definition) is 2. The number of benzene rings is 1. The first kappa shape index (κ1) is 8.81. The van der Waals surface area contributed by atoms with E-state index >= 15 is 0 Å². The third-order valence-corrected chi connectivity index (χ3v) is 2.38. The highest BCUT2D eigenvalue weighted by Gasteiger charge is 2.04. The van der Waals surface area contributed by atoms with Crippen molar-refractivity contribution in [2.45, 2.75) is 6.92 Å². The molecular weight excluding hydrogens is 178 g/mol. The SMILES string of the molecule is Cc1ccc2c(c1)c(O)cc(=O)n2C. The maximum atomic E-state index is 11.3. The first-order chi connectivity index (χ1) is 6.59. The fourth-order valence-electron chi connectivity index (χ4n) is 1.56. The van der Waals surface area contributed by atoms with Crippen LogP contribution in [-0.2, 0) is 7.05 Å². The molecule has 0 radical (unpaired) electrons. The quantitative estimate of drug-likeness (QED) is 0.683. The Morgan fingerprint density at radius 2 is 2.00 bits per heavy atom. The van der Waals surface area contributed by atoms with Crippen LogP contribution in [0.3, 0.4) is 0 Å². The summed E-state index contributed by atoms with van der Waals surface area (Å²) < 4.78 is 1.52. The van der Waals surface area contributed by atoms with Gasteiger partial charge in [-0.2, -0.15) is 0 Å². The van der Waals surface area contributed by atoms with Crippen LogP contribution in [0, 0.1) is 6.92 Å². The van der Waals surface area contributed by atoms with Gasteiger partial charge < -0.3 is 9.67 Å². The Kier molecular flexibility index (Phi) is 1.81. The Hall–Kier alpha value is -1.77. The van der Waals surface area contributed by atoms with Crippen LogP contribution >= 0.6 is 0 Å². The molecule has 72 valence electrons. The van der Waals surface area contributed by atoms with Crippen molar-refractivity contribution in [3.8, 4) is 5.75 Å². The first-order valence-corrected chi connectivity index (χ1v) is 4.39. The number of rotatable bonds is 0. The van der Waals surface area contributed by atoms with E-state index in [9.17, 15) is 9.90 Å². The lowest BCUT2D eigenvalue weighted by molar-refractivity contribution is 0.479. The molecule has 1 heterocycles. The fraction of sp³-hybridized carbons (Fsp3) is 0.182. The number of nitrogens with zero attached hydrogens (tertiary/aromatic N) is 1. The van der Waals surface area contributed by atoms with Crippen molar-refractivity contribution < 1.29 is 5.11 Å². The molecule has 0 atom stereocenters. The highest BCUT2D eigenvalue weighted by Crippen LogP contribution is 2.22. The van der Waals surface area contributed by atoms with Crippen molar-refractivity contribution in [1.29, 1.82) is 0 Å². The van der Waals surface area contributed by atoms with Crippen LogP contribution in [0.2, 0.25) is 0 Å². The Bertz CT molecular complexity index is 555. The summed E-state index contributed by atoms with van der Waals surface area (Å²) in [5.41, 5.74) is 1.62. The monoisotopic (exact) mass is 189 g/mol. The molecule has 1 aromatic heterocycles. The van der Waals surface area contributed by atoms with E-state index in [0.29, 0.717) is 5.39 Å². The van der Waals surface area contributed by atoms with Gasteiger partial charge in [-0.25, -0.2) is 0 Å². The molecule has 3 heteroatoms. The van der Waals surface area contributed by atoms with Crippen LogP contribution in [0.5, 0.6) is 5.75 Å². The zero-order valence-electron chi connectivity index (χ0n) is 8.11. The van der Waals surface area contributed by atoms with Gasteiger partial charge in [0, 0.05) is 18.5 Å². The molecular formula is C11H11NO2. The van der Waals surface area contributed by atoms with Gasteiger partial charge in [-0.1, -0.05) is 11.6 Å². The van der Waals surface area contributed by atoms with Gasteiger partial charge in [0.05, 0.1) is 5.52 Å². The normalized spacial score (nSPS) is 10.7. The Labute approximate surface area is 81.2 Å². The summed E-state index contributed by atoms with van der Waals surface area (Å²) in [6.07, 6.45) is 0. The van der Waals surface area contributed by atoms with Gasteiger partial charge in [0.1, 0.15) is 5.75 Å². The summed E-state index contributed by atoms with van der Waals surface area (Å²) in [5.74, 6) is 0.0480. The number of aryl methyl sites for hydroxylation is 2. The molecule has 0 fully saturated rings. The Morgan fingerprint density at radius 3 is 2.71 bits per heavy atom. The number of pyridine rings is 1. The minimum atomic E-state index is -0.196. The largest absolute Gasteiger partial charge is 0.507 e. The van der Waals surface area contributed by atoms with E-state index in [4.69, 9.17) is 0 Å². The molecule has 2 rings (SSSR count). The van der Waals surface area contributed by atoms with Crippen molar-refractivity contribution in [3.63, 3.8) is 0 Å². The van der Waals surface area contributed by atoms with Gasteiger partial charge in [0.2, 0.25) is 0 Å². The molecule has 0 spiro atoms. The number of aromatic nitrogens is 1. The molecule has 0 unspecified atom stereocenters. The van der Waals surface area contributed by atoms with E-state index in [1.807, 2.05) is 25.1 Å². The summed E-state index contributed by atoms with van der Waals surface area (Å²) in [6.45, 7) is 1.95. The van der Waals surface area contributed by atoms with Crippen molar-refractivity contribution in [2.24, 2.45) is 7.05 Å². The van der Waals surface area contributed by atoms with Crippen LogP contribution in [0.25, 0.3) is 10.9 Å². The summed E-state index contributed by atoms with van der Waals surface area (Å²) in [7, 11) is 1.69. The molecule has 2 aromatic rings. The molecule has 0 aliphatic heterocycles. The lowest BCUT2D eigenvalue weighted by Crippen LogP contribution is -2.15. The second-order valence-electron chi connectivity index (χ2n) is 3.45. The molecule has 14 heavy (non-hydrogen) atoms. The summed E-state index contributed by atoms with van der Waals surface area (Å²) >= 11 is 0. The fourth-order valence-corrected chi connectivity index (χ4v) is 1.56. The lowest BCUT2D eigenvalue weighted by atomic mass is 10.1. The van der Waals surface area contributed by atoms with Crippen LogP contribution < -0.4 is 5.56 Å². The summed E-state index contributed by atoms with van der Waals surface area (Å²) in [6, 6.07) is 6.86. The van der Waals surface area contributed by atoms with Crippen LogP contribution in [0.15, 0.2) is 29.1 Å². The van der Waals surface area contributed by atoms with Gasteiger partial charge in [-0.3, -0.25) is 4.79 Å². The van der Waals surface area contributed by atoms with Crippen molar-refractivity contribution in [3.05, 3.63) is 40.2 Å². The predicted molar refractivity (Wildman–Crippen MR) is 55.6 cm³/mol. The second kappa shape index (κ2) is 2.87.